The zero-order chi connectivity index (χ0) is 22.1. The van der Waals surface area contributed by atoms with Crippen molar-refractivity contribution in [2.24, 2.45) is 12.0 Å². The van der Waals surface area contributed by atoms with E-state index in [1.165, 1.54) is 32.1 Å². The molecule has 0 saturated heterocycles. The summed E-state index contributed by atoms with van der Waals surface area (Å²) in [5, 5.41) is 15.5. The van der Waals surface area contributed by atoms with E-state index in [-0.39, 0.29) is 24.0 Å². The number of halogens is 1. The quantitative estimate of drug-likeness (QED) is 0.212. The number of nitrogens with one attached hydrogen (secondary N) is 2. The number of ether oxygens (including phenoxy) is 2. The van der Waals surface area contributed by atoms with Crippen molar-refractivity contribution in [1.29, 1.82) is 0 Å². The fourth-order valence-corrected chi connectivity index (χ4v) is 3.69. The summed E-state index contributed by atoms with van der Waals surface area (Å²) in [4.78, 5) is 4.88. The molecule has 9 heteroatoms. The lowest BCUT2D eigenvalue weighted by molar-refractivity contribution is 0.145. The van der Waals surface area contributed by atoms with E-state index in [2.05, 4.69) is 46.0 Å². The molecule has 0 unspecified atom stereocenters. The molecular weight excluding hydrogens is 519 g/mol. The maximum Gasteiger partial charge on any atom is 0.192 e. The Bertz CT molecular complexity index is 864. The standard InChI is InChI=1S/C23H36N6O2.HI/c1-17-10-11-19(21(14-17)31-13-12-30-4)15-24-23(26-20-8-6-5-7-9-20)25-16-22-28-27-18(2)29(22)3;/h10-11,14,20H,5-9,12-13,15-16H2,1-4H3,(H2,24,25,26);1H. The summed E-state index contributed by atoms with van der Waals surface area (Å²) in [5.74, 6) is 3.44. The van der Waals surface area contributed by atoms with Crippen LogP contribution in [0, 0.1) is 13.8 Å². The molecule has 0 radical (unpaired) electrons. The van der Waals surface area contributed by atoms with E-state index in [9.17, 15) is 0 Å². The van der Waals surface area contributed by atoms with Crippen LogP contribution in [0.1, 0.15) is 54.9 Å². The zero-order valence-corrected chi connectivity index (χ0v) is 22.0. The van der Waals surface area contributed by atoms with Gasteiger partial charge in [-0.3, -0.25) is 0 Å². The minimum Gasteiger partial charge on any atom is -0.491 e. The lowest BCUT2D eigenvalue weighted by Crippen LogP contribution is -2.44. The summed E-state index contributed by atoms with van der Waals surface area (Å²) in [7, 11) is 3.66. The van der Waals surface area contributed by atoms with Gasteiger partial charge in [-0.25, -0.2) is 4.99 Å². The van der Waals surface area contributed by atoms with Crippen molar-refractivity contribution >= 4 is 29.9 Å². The van der Waals surface area contributed by atoms with Gasteiger partial charge in [0, 0.05) is 25.8 Å². The Kier molecular flexibility index (Phi) is 11.2. The minimum atomic E-state index is 0. The molecule has 1 saturated carbocycles. The summed E-state index contributed by atoms with van der Waals surface area (Å²) in [6.07, 6.45) is 6.22. The molecule has 1 heterocycles. The van der Waals surface area contributed by atoms with Crippen molar-refractivity contribution in [3.05, 3.63) is 41.0 Å². The summed E-state index contributed by atoms with van der Waals surface area (Å²) < 4.78 is 13.0. The SMILES string of the molecule is COCCOc1cc(C)ccc1CN=C(NCc1nnc(C)n1C)NC1CCCCC1.I. The molecule has 1 fully saturated rings. The molecule has 3 rings (SSSR count). The molecule has 1 aromatic carbocycles. The molecule has 0 bridgehead atoms. The van der Waals surface area contributed by atoms with Crippen LogP contribution >= 0.6 is 24.0 Å². The number of aryl methyl sites for hydroxylation is 2. The van der Waals surface area contributed by atoms with Gasteiger partial charge in [0.15, 0.2) is 11.8 Å². The van der Waals surface area contributed by atoms with Crippen LogP contribution in [0.4, 0.5) is 0 Å². The summed E-state index contributed by atoms with van der Waals surface area (Å²) in [6.45, 7) is 6.20. The predicted molar refractivity (Wildman–Crippen MR) is 138 cm³/mol. The smallest absolute Gasteiger partial charge is 0.192 e. The Labute approximate surface area is 208 Å². The summed E-state index contributed by atoms with van der Waals surface area (Å²) in [6, 6.07) is 6.70. The van der Waals surface area contributed by atoms with Crippen LogP contribution in [0.15, 0.2) is 23.2 Å². The van der Waals surface area contributed by atoms with Gasteiger partial charge in [-0.05, 0) is 38.3 Å². The van der Waals surface area contributed by atoms with Gasteiger partial charge >= 0.3 is 0 Å². The molecule has 2 N–H and O–H groups in total. The molecule has 178 valence electrons. The third kappa shape index (κ3) is 7.91. The zero-order valence-electron chi connectivity index (χ0n) is 19.7. The monoisotopic (exact) mass is 556 g/mol. The van der Waals surface area contributed by atoms with Gasteiger partial charge in [0.05, 0.1) is 19.7 Å². The molecule has 0 atom stereocenters. The Morgan fingerprint density at radius 2 is 1.94 bits per heavy atom. The first kappa shape index (κ1) is 26.4. The van der Waals surface area contributed by atoms with Gasteiger partial charge in [-0.15, -0.1) is 34.2 Å². The van der Waals surface area contributed by atoms with Crippen molar-refractivity contribution < 1.29 is 9.47 Å². The van der Waals surface area contributed by atoms with Gasteiger partial charge in [-0.2, -0.15) is 0 Å². The van der Waals surface area contributed by atoms with Crippen LogP contribution in [-0.4, -0.2) is 47.1 Å². The first-order valence-corrected chi connectivity index (χ1v) is 11.2. The van der Waals surface area contributed by atoms with E-state index in [1.807, 2.05) is 18.5 Å². The van der Waals surface area contributed by atoms with Crippen LogP contribution in [0.25, 0.3) is 0 Å². The van der Waals surface area contributed by atoms with Gasteiger partial charge in [0.25, 0.3) is 0 Å². The first-order chi connectivity index (χ1) is 15.1. The van der Waals surface area contributed by atoms with Crippen LogP contribution in [0.3, 0.4) is 0 Å². The number of hydrogen-bond acceptors (Lipinski definition) is 5. The second-order valence-corrected chi connectivity index (χ2v) is 8.17. The fraction of sp³-hybridized carbons (Fsp3) is 0.609. The number of benzene rings is 1. The number of methoxy groups -OCH3 is 1. The third-order valence-electron chi connectivity index (χ3n) is 5.72. The van der Waals surface area contributed by atoms with Crippen molar-refractivity contribution in [2.45, 2.75) is 65.1 Å². The first-order valence-electron chi connectivity index (χ1n) is 11.2. The van der Waals surface area contributed by atoms with Gasteiger partial charge in [0.2, 0.25) is 0 Å². The van der Waals surface area contributed by atoms with E-state index in [4.69, 9.17) is 14.5 Å². The Morgan fingerprint density at radius 3 is 2.62 bits per heavy atom. The molecule has 32 heavy (non-hydrogen) atoms. The van der Waals surface area contributed by atoms with Gasteiger partial charge < -0.3 is 24.7 Å². The number of rotatable bonds is 9. The average molecular weight is 556 g/mol. The molecule has 8 nitrogen and oxygen atoms in total. The second-order valence-electron chi connectivity index (χ2n) is 8.17. The largest absolute Gasteiger partial charge is 0.491 e. The number of aromatic nitrogens is 3. The Morgan fingerprint density at radius 1 is 1.16 bits per heavy atom. The topological polar surface area (TPSA) is 85.6 Å². The maximum absolute atomic E-state index is 5.93. The Hall–Kier alpha value is -1.88. The van der Waals surface area contributed by atoms with Crippen molar-refractivity contribution in [3.63, 3.8) is 0 Å². The lowest BCUT2D eigenvalue weighted by Gasteiger charge is -2.25. The lowest BCUT2D eigenvalue weighted by atomic mass is 9.96. The Balaban J connectivity index is 0.00000363. The average Bonchev–Trinajstić information content (AvgIpc) is 3.09. The van der Waals surface area contributed by atoms with Crippen molar-refractivity contribution in [1.82, 2.24) is 25.4 Å². The minimum absolute atomic E-state index is 0. The second kappa shape index (κ2) is 13.6. The molecule has 2 aromatic rings. The molecular formula is C23H37IN6O2. The number of aliphatic imine (C=N–C) groups is 1. The number of guanidine groups is 1. The highest BCUT2D eigenvalue weighted by Crippen LogP contribution is 2.22. The molecule has 0 amide bonds. The van der Waals surface area contributed by atoms with Gasteiger partial charge in [0.1, 0.15) is 18.2 Å². The van der Waals surface area contributed by atoms with E-state index >= 15 is 0 Å². The van der Waals surface area contributed by atoms with Crippen LogP contribution < -0.4 is 15.4 Å². The van der Waals surface area contributed by atoms with Crippen LogP contribution in [0.2, 0.25) is 0 Å². The highest BCUT2D eigenvalue weighted by molar-refractivity contribution is 14.0. The predicted octanol–water partition coefficient (Wildman–Crippen LogP) is 3.64. The van der Waals surface area contributed by atoms with E-state index in [0.717, 1.165) is 34.5 Å². The summed E-state index contributed by atoms with van der Waals surface area (Å²) in [5.41, 5.74) is 2.22. The third-order valence-corrected chi connectivity index (χ3v) is 5.72. The molecule has 1 aromatic heterocycles. The molecule has 1 aliphatic carbocycles. The molecule has 1 aliphatic rings. The van der Waals surface area contributed by atoms with E-state index in [1.54, 1.807) is 7.11 Å². The van der Waals surface area contributed by atoms with Crippen molar-refractivity contribution in [2.75, 3.05) is 20.3 Å². The molecule has 0 aliphatic heterocycles. The normalized spacial score (nSPS) is 14.7. The number of nitrogens with zero attached hydrogens (tertiary/aromatic N) is 4. The van der Waals surface area contributed by atoms with Crippen LogP contribution in [-0.2, 0) is 24.9 Å². The van der Waals surface area contributed by atoms with Gasteiger partial charge in [-0.1, -0.05) is 31.4 Å². The highest BCUT2D eigenvalue weighted by Gasteiger charge is 2.16. The van der Waals surface area contributed by atoms with E-state index < -0.39 is 0 Å². The maximum atomic E-state index is 5.93. The fourth-order valence-electron chi connectivity index (χ4n) is 3.69. The molecule has 0 spiro atoms. The van der Waals surface area contributed by atoms with Crippen molar-refractivity contribution in [3.8, 4) is 5.75 Å². The van der Waals surface area contributed by atoms with Crippen LogP contribution in [0.5, 0.6) is 5.75 Å². The highest BCUT2D eigenvalue weighted by atomic mass is 127. The van der Waals surface area contributed by atoms with E-state index in [0.29, 0.717) is 32.3 Å². The summed E-state index contributed by atoms with van der Waals surface area (Å²) >= 11 is 0. The number of hydrogen-bond donors (Lipinski definition) is 2.